The summed E-state index contributed by atoms with van der Waals surface area (Å²) in [7, 11) is 1.51. The van der Waals surface area contributed by atoms with Crippen LogP contribution in [-0.2, 0) is 4.74 Å². The van der Waals surface area contributed by atoms with Gasteiger partial charge >= 0.3 is 6.09 Å². The second kappa shape index (κ2) is 6.08. The van der Waals surface area contributed by atoms with E-state index in [0.717, 1.165) is 6.42 Å². The molecule has 1 atom stereocenters. The van der Waals surface area contributed by atoms with E-state index in [1.807, 2.05) is 20.8 Å². The monoisotopic (exact) mass is 353 g/mol. The zero-order valence-corrected chi connectivity index (χ0v) is 14.9. The van der Waals surface area contributed by atoms with Crippen molar-refractivity contribution in [3.05, 3.63) is 11.5 Å². The lowest BCUT2D eigenvalue weighted by atomic mass is 10.2. The molecule has 2 aromatic rings. The summed E-state index contributed by atoms with van der Waals surface area (Å²) in [5, 5.41) is 4.62. The van der Waals surface area contributed by atoms with Crippen molar-refractivity contribution in [2.24, 2.45) is 0 Å². The smallest absolute Gasteiger partial charge is 0.410 e. The normalized spacial score (nSPS) is 18.2. The molecular weight excluding hydrogens is 334 g/mol. The summed E-state index contributed by atoms with van der Waals surface area (Å²) in [6.45, 7) is 6.72. The van der Waals surface area contributed by atoms with Gasteiger partial charge in [-0.1, -0.05) is 0 Å². The van der Waals surface area contributed by atoms with Gasteiger partial charge < -0.3 is 14.4 Å². The van der Waals surface area contributed by atoms with E-state index in [0.29, 0.717) is 30.0 Å². The zero-order valence-electron chi connectivity index (χ0n) is 14.1. The molecule has 9 heteroatoms. The molecule has 130 valence electrons. The molecule has 1 saturated heterocycles. The highest BCUT2D eigenvalue weighted by Crippen LogP contribution is 2.27. The molecule has 1 aliphatic heterocycles. The van der Waals surface area contributed by atoms with E-state index in [1.165, 1.54) is 7.11 Å². The summed E-state index contributed by atoms with van der Waals surface area (Å²) >= 11 is 5.89. The minimum absolute atomic E-state index is 0.0511. The fraction of sp³-hybridized carbons (Fsp3) is 0.600. The van der Waals surface area contributed by atoms with Crippen LogP contribution in [0.5, 0.6) is 5.88 Å². The largest absolute Gasteiger partial charge is 0.479 e. The molecule has 0 radical (unpaired) electrons. The molecule has 0 saturated carbocycles. The third-order valence-corrected chi connectivity index (χ3v) is 3.87. The number of ether oxygens (including phenoxy) is 2. The molecule has 1 amide bonds. The molecule has 3 rings (SSSR count). The van der Waals surface area contributed by atoms with Crippen molar-refractivity contribution in [3.8, 4) is 5.88 Å². The molecule has 24 heavy (non-hydrogen) atoms. The third kappa shape index (κ3) is 3.38. The number of amides is 1. The van der Waals surface area contributed by atoms with Crippen LogP contribution in [0.25, 0.3) is 11.0 Å². The number of nitrogens with zero attached hydrogens (tertiary/aromatic N) is 5. The Hall–Kier alpha value is -2.09. The highest BCUT2D eigenvalue weighted by atomic mass is 35.5. The fourth-order valence-electron chi connectivity index (χ4n) is 2.66. The third-order valence-electron chi connectivity index (χ3n) is 3.70. The molecule has 0 unspecified atom stereocenters. The number of methoxy groups -OCH3 is 1. The summed E-state index contributed by atoms with van der Waals surface area (Å²) < 4.78 is 12.4. The second-order valence-electron chi connectivity index (χ2n) is 6.71. The van der Waals surface area contributed by atoms with Crippen LogP contribution < -0.4 is 4.74 Å². The minimum atomic E-state index is -0.505. The van der Waals surface area contributed by atoms with E-state index in [2.05, 4.69) is 15.1 Å². The second-order valence-corrected chi connectivity index (χ2v) is 7.05. The molecule has 0 aromatic carbocycles. The highest BCUT2D eigenvalue weighted by molar-refractivity contribution is 6.28. The predicted octanol–water partition coefficient (Wildman–Crippen LogP) is 2.67. The zero-order chi connectivity index (χ0) is 17.5. The number of halogens is 1. The maximum atomic E-state index is 12.2. The summed E-state index contributed by atoms with van der Waals surface area (Å²) in [6.07, 6.45) is 2.29. The topological polar surface area (TPSA) is 82.4 Å². The van der Waals surface area contributed by atoms with Crippen LogP contribution in [0, 0.1) is 0 Å². The Balaban J connectivity index is 1.79. The average Bonchev–Trinajstić information content (AvgIpc) is 3.10. The Morgan fingerprint density at radius 3 is 2.79 bits per heavy atom. The van der Waals surface area contributed by atoms with Crippen LogP contribution in [0.3, 0.4) is 0 Å². The molecule has 0 N–H and O–H groups in total. The Morgan fingerprint density at radius 2 is 2.12 bits per heavy atom. The first-order chi connectivity index (χ1) is 11.3. The minimum Gasteiger partial charge on any atom is -0.479 e. The van der Waals surface area contributed by atoms with Gasteiger partial charge in [0.2, 0.25) is 11.2 Å². The number of likely N-dealkylation sites (tertiary alicyclic amines) is 1. The van der Waals surface area contributed by atoms with Crippen LogP contribution in [0.2, 0.25) is 5.28 Å². The molecule has 0 spiro atoms. The van der Waals surface area contributed by atoms with Crippen molar-refractivity contribution in [2.45, 2.75) is 38.8 Å². The molecule has 2 aromatic heterocycles. The van der Waals surface area contributed by atoms with Crippen molar-refractivity contribution >= 4 is 28.7 Å². The average molecular weight is 354 g/mol. The van der Waals surface area contributed by atoms with Crippen LogP contribution in [0.1, 0.15) is 33.2 Å². The van der Waals surface area contributed by atoms with Gasteiger partial charge in [-0.25, -0.2) is 9.78 Å². The van der Waals surface area contributed by atoms with Crippen LogP contribution in [-0.4, -0.2) is 56.5 Å². The number of rotatable bonds is 2. The van der Waals surface area contributed by atoms with E-state index in [9.17, 15) is 4.79 Å². The van der Waals surface area contributed by atoms with E-state index < -0.39 is 5.60 Å². The first-order valence-electron chi connectivity index (χ1n) is 7.71. The van der Waals surface area contributed by atoms with Crippen molar-refractivity contribution in [3.63, 3.8) is 0 Å². The first-order valence-corrected chi connectivity index (χ1v) is 8.09. The Morgan fingerprint density at radius 1 is 1.38 bits per heavy atom. The fourth-order valence-corrected chi connectivity index (χ4v) is 2.82. The number of carbonyl (C=O) groups is 1. The summed E-state index contributed by atoms with van der Waals surface area (Å²) in [5.41, 5.74) is 0.662. The Labute approximate surface area is 144 Å². The lowest BCUT2D eigenvalue weighted by Crippen LogP contribution is -2.35. The lowest BCUT2D eigenvalue weighted by molar-refractivity contribution is 0.0288. The number of hydrogen-bond donors (Lipinski definition) is 0. The van der Waals surface area contributed by atoms with Gasteiger partial charge in [-0.05, 0) is 38.8 Å². The molecule has 3 heterocycles. The van der Waals surface area contributed by atoms with Crippen molar-refractivity contribution < 1.29 is 14.3 Å². The van der Waals surface area contributed by atoms with Crippen LogP contribution in [0.4, 0.5) is 4.79 Å². The SMILES string of the molecule is COc1nc(Cl)nc2cn([C@H]3CCN(C(=O)OC(C)(C)C)C3)nc12. The summed E-state index contributed by atoms with van der Waals surface area (Å²) in [6, 6.07) is 0.0511. The summed E-state index contributed by atoms with van der Waals surface area (Å²) in [5.74, 6) is 0.339. The van der Waals surface area contributed by atoms with Gasteiger partial charge in [0.15, 0.2) is 5.52 Å². The van der Waals surface area contributed by atoms with E-state index in [-0.39, 0.29) is 17.4 Å². The quantitative estimate of drug-likeness (QED) is 0.772. The van der Waals surface area contributed by atoms with Gasteiger partial charge in [-0.2, -0.15) is 10.1 Å². The molecular formula is C15H20ClN5O3. The molecule has 1 fully saturated rings. The van der Waals surface area contributed by atoms with E-state index in [1.54, 1.807) is 15.8 Å². The number of carbonyl (C=O) groups excluding carboxylic acids is 1. The maximum Gasteiger partial charge on any atom is 0.410 e. The molecule has 0 aliphatic carbocycles. The van der Waals surface area contributed by atoms with Crippen LogP contribution in [0.15, 0.2) is 6.20 Å². The van der Waals surface area contributed by atoms with Crippen molar-refractivity contribution in [2.75, 3.05) is 20.2 Å². The van der Waals surface area contributed by atoms with Gasteiger partial charge in [0, 0.05) is 13.1 Å². The number of aromatic nitrogens is 4. The van der Waals surface area contributed by atoms with Gasteiger partial charge in [-0.15, -0.1) is 0 Å². The van der Waals surface area contributed by atoms with Crippen molar-refractivity contribution in [1.29, 1.82) is 0 Å². The Bertz CT molecular complexity index is 770. The standard InChI is InChI=1S/C15H20ClN5O3/c1-15(2,3)24-14(22)20-6-5-9(7-20)21-8-10-11(19-21)12(23-4)18-13(16)17-10/h8-9H,5-7H2,1-4H3/t9-/m0/s1. The van der Waals surface area contributed by atoms with E-state index in [4.69, 9.17) is 21.1 Å². The number of hydrogen-bond acceptors (Lipinski definition) is 6. The van der Waals surface area contributed by atoms with E-state index >= 15 is 0 Å². The lowest BCUT2D eigenvalue weighted by Gasteiger charge is -2.24. The van der Waals surface area contributed by atoms with Crippen molar-refractivity contribution in [1.82, 2.24) is 24.6 Å². The highest BCUT2D eigenvalue weighted by Gasteiger charge is 2.31. The van der Waals surface area contributed by atoms with Gasteiger partial charge in [0.1, 0.15) is 11.1 Å². The Kier molecular flexibility index (Phi) is 4.25. The maximum absolute atomic E-state index is 12.2. The molecule has 0 bridgehead atoms. The van der Waals surface area contributed by atoms with Gasteiger partial charge in [-0.3, -0.25) is 4.68 Å². The first kappa shape index (κ1) is 16.8. The van der Waals surface area contributed by atoms with Gasteiger partial charge in [0.05, 0.1) is 19.3 Å². The van der Waals surface area contributed by atoms with Crippen LogP contribution >= 0.6 is 11.6 Å². The molecule has 1 aliphatic rings. The van der Waals surface area contributed by atoms with Gasteiger partial charge in [0.25, 0.3) is 0 Å². The number of fused-ring (bicyclic) bond motifs is 1. The predicted molar refractivity (Wildman–Crippen MR) is 88.3 cm³/mol. The molecule has 8 nitrogen and oxygen atoms in total. The summed E-state index contributed by atoms with van der Waals surface area (Å²) in [4.78, 5) is 22.0.